The van der Waals surface area contributed by atoms with Crippen LogP contribution in [-0.4, -0.2) is 47.4 Å². The lowest BCUT2D eigenvalue weighted by molar-refractivity contribution is -0.143. The molecule has 6 nitrogen and oxygen atoms in total. The predicted molar refractivity (Wildman–Crippen MR) is 306 cm³/mol. The maximum atomic E-state index is 12.5. The number of amides is 1. The molecule has 0 radical (unpaired) electrons. The van der Waals surface area contributed by atoms with Crippen molar-refractivity contribution >= 4 is 11.9 Å². The number of aliphatic hydroxyl groups excluding tert-OH is 2. The minimum Gasteiger partial charge on any atom is -0.466 e. The Labute approximate surface area is 436 Å². The van der Waals surface area contributed by atoms with Gasteiger partial charge in [-0.1, -0.05) is 268 Å². The minimum absolute atomic E-state index is 0.0163. The zero-order valence-electron chi connectivity index (χ0n) is 46.7. The molecule has 0 aliphatic heterocycles. The average molecular weight is 983 g/mol. The van der Waals surface area contributed by atoms with E-state index in [9.17, 15) is 19.8 Å². The van der Waals surface area contributed by atoms with Gasteiger partial charge in [0.05, 0.1) is 25.4 Å². The predicted octanol–water partition coefficient (Wildman–Crippen LogP) is 19.4. The molecule has 2 unspecified atom stereocenters. The smallest absolute Gasteiger partial charge is 0.305 e. The van der Waals surface area contributed by atoms with Crippen molar-refractivity contribution in [1.82, 2.24) is 5.32 Å². The van der Waals surface area contributed by atoms with E-state index in [4.69, 9.17) is 4.74 Å². The van der Waals surface area contributed by atoms with E-state index in [1.807, 2.05) is 6.08 Å². The van der Waals surface area contributed by atoms with Crippen molar-refractivity contribution in [2.24, 2.45) is 0 Å². The molecule has 410 valence electrons. The SMILES string of the molecule is CCCCCC/C=C\C/C=C\CCCCCCCC(=O)OCCCCCCCC/C=C\CCCCCCCCCC(=O)NC(CO)C(O)/C=C/CCCCCCCCCCCCCCCCCCCC. The van der Waals surface area contributed by atoms with Crippen LogP contribution in [0.2, 0.25) is 0 Å². The van der Waals surface area contributed by atoms with Crippen molar-refractivity contribution < 1.29 is 24.5 Å². The Balaban J connectivity index is 3.50. The number of allylic oxidation sites excluding steroid dienone is 7. The summed E-state index contributed by atoms with van der Waals surface area (Å²) in [5.41, 5.74) is 0. The van der Waals surface area contributed by atoms with E-state index in [1.165, 1.54) is 231 Å². The Morgan fingerprint density at radius 2 is 0.714 bits per heavy atom. The van der Waals surface area contributed by atoms with Crippen molar-refractivity contribution in [3.8, 4) is 0 Å². The van der Waals surface area contributed by atoms with Gasteiger partial charge in [-0.05, 0) is 89.9 Å². The van der Waals surface area contributed by atoms with Gasteiger partial charge >= 0.3 is 5.97 Å². The van der Waals surface area contributed by atoms with E-state index < -0.39 is 12.1 Å². The molecule has 0 aliphatic rings. The summed E-state index contributed by atoms with van der Waals surface area (Å²) in [5, 5.41) is 23.2. The molecular formula is C64H119NO5. The fourth-order valence-electron chi connectivity index (χ4n) is 9.31. The van der Waals surface area contributed by atoms with E-state index in [1.54, 1.807) is 6.08 Å². The summed E-state index contributed by atoms with van der Waals surface area (Å²) >= 11 is 0. The van der Waals surface area contributed by atoms with E-state index in [2.05, 4.69) is 55.6 Å². The third kappa shape index (κ3) is 55.1. The van der Waals surface area contributed by atoms with Gasteiger partial charge in [0, 0.05) is 12.8 Å². The van der Waals surface area contributed by atoms with Gasteiger partial charge in [0.25, 0.3) is 0 Å². The number of esters is 1. The van der Waals surface area contributed by atoms with Crippen LogP contribution in [0, 0.1) is 0 Å². The van der Waals surface area contributed by atoms with Crippen molar-refractivity contribution in [2.45, 2.75) is 334 Å². The Hall–Kier alpha value is -2.18. The molecule has 1 amide bonds. The second kappa shape index (κ2) is 59.4. The highest BCUT2D eigenvalue weighted by molar-refractivity contribution is 5.76. The first-order valence-electron chi connectivity index (χ1n) is 30.9. The van der Waals surface area contributed by atoms with Gasteiger partial charge in [0.2, 0.25) is 5.91 Å². The summed E-state index contributed by atoms with van der Waals surface area (Å²) in [6.45, 7) is 4.87. The lowest BCUT2D eigenvalue weighted by atomic mass is 10.0. The molecule has 0 saturated carbocycles. The second-order valence-corrected chi connectivity index (χ2v) is 21.0. The number of rotatable bonds is 57. The van der Waals surface area contributed by atoms with E-state index in [-0.39, 0.29) is 18.5 Å². The van der Waals surface area contributed by atoms with E-state index in [0.29, 0.717) is 19.4 Å². The largest absolute Gasteiger partial charge is 0.466 e. The summed E-state index contributed by atoms with van der Waals surface area (Å²) in [6.07, 6.45) is 75.7. The Bertz CT molecular complexity index is 1180. The van der Waals surface area contributed by atoms with E-state index in [0.717, 1.165) is 64.2 Å². The van der Waals surface area contributed by atoms with Gasteiger partial charge in [-0.25, -0.2) is 0 Å². The number of unbranched alkanes of at least 4 members (excludes halogenated alkanes) is 40. The van der Waals surface area contributed by atoms with Crippen LogP contribution in [0.5, 0.6) is 0 Å². The van der Waals surface area contributed by atoms with Gasteiger partial charge in [0.15, 0.2) is 0 Å². The molecule has 0 rings (SSSR count). The van der Waals surface area contributed by atoms with Gasteiger partial charge < -0.3 is 20.3 Å². The molecule has 0 bridgehead atoms. The van der Waals surface area contributed by atoms with Crippen molar-refractivity contribution in [3.63, 3.8) is 0 Å². The van der Waals surface area contributed by atoms with Crippen LogP contribution in [0.1, 0.15) is 322 Å². The summed E-state index contributed by atoms with van der Waals surface area (Å²) < 4.78 is 5.47. The molecule has 0 heterocycles. The first-order chi connectivity index (χ1) is 34.5. The first-order valence-corrected chi connectivity index (χ1v) is 30.9. The topological polar surface area (TPSA) is 95.9 Å². The number of ether oxygens (including phenoxy) is 1. The monoisotopic (exact) mass is 982 g/mol. The Morgan fingerprint density at radius 1 is 0.400 bits per heavy atom. The van der Waals surface area contributed by atoms with Gasteiger partial charge in [-0.2, -0.15) is 0 Å². The Kier molecular flexibility index (Phi) is 57.5. The normalized spacial score (nSPS) is 12.9. The molecule has 0 aromatic carbocycles. The second-order valence-electron chi connectivity index (χ2n) is 21.0. The number of carbonyl (C=O) groups is 2. The fourth-order valence-corrected chi connectivity index (χ4v) is 9.31. The third-order valence-electron chi connectivity index (χ3n) is 14.1. The number of aliphatic hydroxyl groups is 2. The Morgan fingerprint density at radius 3 is 1.11 bits per heavy atom. The molecule has 0 aromatic rings. The summed E-state index contributed by atoms with van der Waals surface area (Å²) in [7, 11) is 0. The maximum absolute atomic E-state index is 12.5. The number of nitrogens with one attached hydrogen (secondary N) is 1. The molecule has 6 heteroatoms. The first kappa shape index (κ1) is 67.8. The number of hydrogen-bond acceptors (Lipinski definition) is 5. The van der Waals surface area contributed by atoms with Crippen LogP contribution in [0.3, 0.4) is 0 Å². The van der Waals surface area contributed by atoms with Crippen molar-refractivity contribution in [2.75, 3.05) is 13.2 Å². The third-order valence-corrected chi connectivity index (χ3v) is 14.1. The molecule has 0 aromatic heterocycles. The summed E-state index contributed by atoms with van der Waals surface area (Å²) in [5.74, 6) is -0.0952. The molecule has 0 spiro atoms. The highest BCUT2D eigenvalue weighted by atomic mass is 16.5. The van der Waals surface area contributed by atoms with Gasteiger partial charge in [-0.3, -0.25) is 9.59 Å². The van der Waals surface area contributed by atoms with E-state index >= 15 is 0 Å². The van der Waals surface area contributed by atoms with Crippen LogP contribution >= 0.6 is 0 Å². The molecule has 0 saturated heterocycles. The molecule has 0 fully saturated rings. The lowest BCUT2D eigenvalue weighted by Gasteiger charge is -2.20. The highest BCUT2D eigenvalue weighted by Gasteiger charge is 2.18. The number of carbonyl (C=O) groups excluding carboxylic acids is 2. The van der Waals surface area contributed by atoms with Crippen LogP contribution in [0.15, 0.2) is 48.6 Å². The summed E-state index contributed by atoms with van der Waals surface area (Å²) in [4.78, 5) is 24.5. The van der Waals surface area contributed by atoms with Crippen LogP contribution < -0.4 is 5.32 Å². The van der Waals surface area contributed by atoms with Crippen molar-refractivity contribution in [3.05, 3.63) is 48.6 Å². The zero-order chi connectivity index (χ0) is 50.7. The average Bonchev–Trinajstić information content (AvgIpc) is 3.36. The lowest BCUT2D eigenvalue weighted by Crippen LogP contribution is -2.45. The molecule has 70 heavy (non-hydrogen) atoms. The quantitative estimate of drug-likeness (QED) is 0.0321. The standard InChI is InChI=1S/C64H119NO5/c1-3-5-7-9-11-13-15-17-19-21-22-23-25-28-32-36-40-44-48-52-56-62(67)61(60-66)65-63(68)57-53-49-45-41-37-33-29-26-24-27-31-35-39-43-47-51-55-59-70-64(69)58-54-50-46-42-38-34-30-20-18-16-14-12-10-8-6-4-2/h14,16,20,24,27,30,52,56,61-62,66-67H,3-13,15,17-19,21-23,25-26,28-29,31-51,53-55,57-60H2,1-2H3,(H,65,68)/b16-14-,27-24-,30-20-,56-52+. The zero-order valence-corrected chi connectivity index (χ0v) is 46.7. The van der Waals surface area contributed by atoms with Gasteiger partial charge in [0.1, 0.15) is 0 Å². The fraction of sp³-hybridized carbons (Fsp3) is 0.844. The minimum atomic E-state index is -0.854. The van der Waals surface area contributed by atoms with Gasteiger partial charge in [-0.15, -0.1) is 0 Å². The molecule has 0 aliphatic carbocycles. The molecule has 3 N–H and O–H groups in total. The van der Waals surface area contributed by atoms with Crippen LogP contribution in [-0.2, 0) is 14.3 Å². The molecular weight excluding hydrogens is 863 g/mol. The summed E-state index contributed by atoms with van der Waals surface area (Å²) in [6, 6.07) is -0.639. The van der Waals surface area contributed by atoms with Crippen LogP contribution in [0.25, 0.3) is 0 Å². The maximum Gasteiger partial charge on any atom is 0.305 e. The highest BCUT2D eigenvalue weighted by Crippen LogP contribution is 2.16. The van der Waals surface area contributed by atoms with Crippen LogP contribution in [0.4, 0.5) is 0 Å². The molecule has 2 atom stereocenters. The number of hydrogen-bond donors (Lipinski definition) is 3. The van der Waals surface area contributed by atoms with Crippen molar-refractivity contribution in [1.29, 1.82) is 0 Å².